The van der Waals surface area contributed by atoms with Crippen molar-refractivity contribution in [1.82, 2.24) is 4.98 Å². The number of hydrogen-bond acceptors (Lipinski definition) is 4. The monoisotopic (exact) mass is 350 g/mol. The molecule has 3 aromatic rings. The summed E-state index contributed by atoms with van der Waals surface area (Å²) in [6.07, 6.45) is 1.46. The highest BCUT2D eigenvalue weighted by molar-refractivity contribution is 5.97. The summed E-state index contributed by atoms with van der Waals surface area (Å²) in [5, 5.41) is 0.903. The number of hydrogen-bond donors (Lipinski definition) is 1. The number of fused-ring (bicyclic) bond motifs is 1. The minimum atomic E-state index is -0.467. The van der Waals surface area contributed by atoms with Crippen molar-refractivity contribution in [3.05, 3.63) is 54.2 Å². The fourth-order valence-electron chi connectivity index (χ4n) is 3.12. The Bertz CT molecular complexity index is 975. The predicted octanol–water partition coefficient (Wildman–Crippen LogP) is 3.52. The zero-order valence-corrected chi connectivity index (χ0v) is 14.3. The van der Waals surface area contributed by atoms with Crippen molar-refractivity contribution >= 4 is 28.5 Å². The Kier molecular flexibility index (Phi) is 4.08. The molecule has 0 saturated carbocycles. The molecule has 4 rings (SSSR count). The molecule has 2 aromatic carbocycles. The number of carbonyl (C=O) groups excluding carboxylic acids is 2. The summed E-state index contributed by atoms with van der Waals surface area (Å²) < 4.78 is 10.6. The van der Waals surface area contributed by atoms with Gasteiger partial charge in [0.25, 0.3) is 0 Å². The first-order valence-corrected chi connectivity index (χ1v) is 8.43. The number of amides is 1. The maximum Gasteiger partial charge on any atom is 0.360 e. The van der Waals surface area contributed by atoms with Gasteiger partial charge >= 0.3 is 5.97 Å². The van der Waals surface area contributed by atoms with Crippen LogP contribution in [0.1, 0.15) is 23.3 Å². The molecule has 1 saturated heterocycles. The first-order chi connectivity index (χ1) is 12.6. The lowest BCUT2D eigenvalue weighted by Gasteiger charge is -2.15. The average molecular weight is 350 g/mol. The van der Waals surface area contributed by atoms with Crippen molar-refractivity contribution in [2.75, 3.05) is 18.6 Å². The molecule has 1 aromatic heterocycles. The number of aromatic amines is 1. The van der Waals surface area contributed by atoms with Gasteiger partial charge in [-0.15, -0.1) is 0 Å². The van der Waals surface area contributed by atoms with Crippen molar-refractivity contribution in [2.45, 2.75) is 12.8 Å². The number of H-pyrrole nitrogens is 1. The molecule has 1 amide bonds. The number of methoxy groups -OCH3 is 1. The van der Waals surface area contributed by atoms with Gasteiger partial charge in [-0.1, -0.05) is 0 Å². The second-order valence-electron chi connectivity index (χ2n) is 6.17. The largest absolute Gasteiger partial charge is 0.497 e. The van der Waals surface area contributed by atoms with E-state index in [9.17, 15) is 9.59 Å². The fourth-order valence-corrected chi connectivity index (χ4v) is 3.12. The van der Waals surface area contributed by atoms with E-state index in [2.05, 4.69) is 4.98 Å². The van der Waals surface area contributed by atoms with E-state index < -0.39 is 5.97 Å². The Morgan fingerprint density at radius 2 is 1.85 bits per heavy atom. The van der Waals surface area contributed by atoms with Crippen LogP contribution in [-0.2, 0) is 4.79 Å². The van der Waals surface area contributed by atoms with Gasteiger partial charge in [-0.25, -0.2) is 4.79 Å². The van der Waals surface area contributed by atoms with Gasteiger partial charge in [0, 0.05) is 35.6 Å². The molecule has 0 bridgehead atoms. The molecule has 1 aliphatic rings. The van der Waals surface area contributed by atoms with Crippen LogP contribution < -0.4 is 14.4 Å². The molecule has 0 radical (unpaired) electrons. The van der Waals surface area contributed by atoms with Crippen LogP contribution in [0.15, 0.2) is 48.5 Å². The molecule has 1 aliphatic heterocycles. The zero-order valence-electron chi connectivity index (χ0n) is 14.3. The second kappa shape index (κ2) is 6.55. The highest BCUT2D eigenvalue weighted by Crippen LogP contribution is 2.25. The average Bonchev–Trinajstić information content (AvgIpc) is 3.27. The van der Waals surface area contributed by atoms with Crippen molar-refractivity contribution in [3.8, 4) is 11.5 Å². The van der Waals surface area contributed by atoms with E-state index in [-0.39, 0.29) is 5.91 Å². The molecule has 1 fully saturated rings. The molecule has 6 heteroatoms. The molecule has 2 heterocycles. The first kappa shape index (κ1) is 16.2. The van der Waals surface area contributed by atoms with E-state index >= 15 is 0 Å². The Balaban J connectivity index is 1.50. The van der Waals surface area contributed by atoms with Crippen molar-refractivity contribution in [3.63, 3.8) is 0 Å². The Morgan fingerprint density at radius 1 is 1.08 bits per heavy atom. The molecule has 0 atom stereocenters. The molecule has 0 unspecified atom stereocenters. The van der Waals surface area contributed by atoms with Gasteiger partial charge in [-0.05, 0) is 48.9 Å². The quantitative estimate of drug-likeness (QED) is 0.577. The number of nitrogens with one attached hydrogen (secondary N) is 1. The normalized spacial score (nSPS) is 14.0. The maximum atomic E-state index is 12.4. The van der Waals surface area contributed by atoms with Crippen molar-refractivity contribution in [2.24, 2.45) is 0 Å². The highest BCUT2D eigenvalue weighted by Gasteiger charge is 2.21. The van der Waals surface area contributed by atoms with Crippen molar-refractivity contribution in [1.29, 1.82) is 0 Å². The minimum Gasteiger partial charge on any atom is -0.497 e. The summed E-state index contributed by atoms with van der Waals surface area (Å²) in [6.45, 7) is 0.733. The van der Waals surface area contributed by atoms with Gasteiger partial charge in [0.1, 0.15) is 17.2 Å². The summed E-state index contributed by atoms with van der Waals surface area (Å²) in [5.41, 5.74) is 2.00. The zero-order chi connectivity index (χ0) is 18.1. The number of rotatable bonds is 4. The summed E-state index contributed by atoms with van der Waals surface area (Å²) in [6, 6.07) is 14.3. The number of esters is 1. The lowest BCUT2D eigenvalue weighted by Crippen LogP contribution is -2.23. The van der Waals surface area contributed by atoms with Crippen LogP contribution in [0.5, 0.6) is 11.5 Å². The van der Waals surface area contributed by atoms with E-state index in [1.807, 2.05) is 18.2 Å². The maximum absolute atomic E-state index is 12.4. The third-order valence-corrected chi connectivity index (χ3v) is 4.48. The molecule has 0 aliphatic carbocycles. The molecule has 0 spiro atoms. The predicted molar refractivity (Wildman–Crippen MR) is 97.8 cm³/mol. The van der Waals surface area contributed by atoms with Gasteiger partial charge in [-0.2, -0.15) is 0 Å². The van der Waals surface area contributed by atoms with Crippen LogP contribution >= 0.6 is 0 Å². The Labute approximate surface area is 150 Å². The Morgan fingerprint density at radius 3 is 2.54 bits per heavy atom. The van der Waals surface area contributed by atoms with E-state index in [1.54, 1.807) is 42.3 Å². The highest BCUT2D eigenvalue weighted by atomic mass is 16.5. The van der Waals surface area contributed by atoms with Crippen LogP contribution in [0.3, 0.4) is 0 Å². The van der Waals surface area contributed by atoms with Crippen LogP contribution in [0.25, 0.3) is 10.9 Å². The standard InChI is InChI=1S/C20H18N2O4/c1-25-16-7-4-13-11-18(21-17(13)12-16)20(24)26-15-8-5-14(6-9-15)22-10-2-3-19(22)23/h4-9,11-12,21H,2-3,10H2,1H3. The van der Waals surface area contributed by atoms with Crippen LogP contribution in [-0.4, -0.2) is 30.5 Å². The van der Waals surface area contributed by atoms with E-state index in [1.165, 1.54) is 0 Å². The number of carbonyl (C=O) groups is 2. The lowest BCUT2D eigenvalue weighted by atomic mass is 10.2. The van der Waals surface area contributed by atoms with E-state index in [0.29, 0.717) is 23.6 Å². The van der Waals surface area contributed by atoms with Gasteiger partial charge in [0.2, 0.25) is 5.91 Å². The molecular weight excluding hydrogens is 332 g/mol. The summed E-state index contributed by atoms with van der Waals surface area (Å²) in [4.78, 5) is 29.0. The van der Waals surface area contributed by atoms with E-state index in [0.717, 1.165) is 29.6 Å². The van der Waals surface area contributed by atoms with Crippen LogP contribution in [0, 0.1) is 0 Å². The SMILES string of the molecule is COc1ccc2cc(C(=O)Oc3ccc(N4CCCC4=O)cc3)[nH]c2c1. The smallest absolute Gasteiger partial charge is 0.360 e. The van der Waals surface area contributed by atoms with Gasteiger partial charge in [0.05, 0.1) is 7.11 Å². The van der Waals surface area contributed by atoms with Crippen LogP contribution in [0.2, 0.25) is 0 Å². The number of anilines is 1. The third kappa shape index (κ3) is 3.01. The summed E-state index contributed by atoms with van der Waals surface area (Å²) in [7, 11) is 1.60. The van der Waals surface area contributed by atoms with Gasteiger partial charge in [0.15, 0.2) is 0 Å². The van der Waals surface area contributed by atoms with E-state index in [4.69, 9.17) is 9.47 Å². The molecule has 6 nitrogen and oxygen atoms in total. The minimum absolute atomic E-state index is 0.128. The third-order valence-electron chi connectivity index (χ3n) is 4.48. The van der Waals surface area contributed by atoms with Crippen molar-refractivity contribution < 1.29 is 19.1 Å². The summed E-state index contributed by atoms with van der Waals surface area (Å²) in [5.74, 6) is 0.807. The topological polar surface area (TPSA) is 71.6 Å². The molecule has 26 heavy (non-hydrogen) atoms. The number of benzene rings is 2. The van der Waals surface area contributed by atoms with Gasteiger partial charge in [-0.3, -0.25) is 4.79 Å². The molecule has 1 N–H and O–H groups in total. The first-order valence-electron chi connectivity index (χ1n) is 8.43. The number of aromatic nitrogens is 1. The summed E-state index contributed by atoms with van der Waals surface area (Å²) >= 11 is 0. The Hall–Kier alpha value is -3.28. The molecular formula is C20H18N2O4. The second-order valence-corrected chi connectivity index (χ2v) is 6.17. The number of nitrogens with zero attached hydrogens (tertiary/aromatic N) is 1. The van der Waals surface area contributed by atoms with Crippen LogP contribution in [0.4, 0.5) is 5.69 Å². The fraction of sp³-hybridized carbons (Fsp3) is 0.200. The number of ether oxygens (including phenoxy) is 2. The molecule has 132 valence electrons. The van der Waals surface area contributed by atoms with Gasteiger partial charge < -0.3 is 19.4 Å². The lowest BCUT2D eigenvalue weighted by molar-refractivity contribution is -0.117.